The van der Waals surface area contributed by atoms with E-state index < -0.39 is 157 Å². The van der Waals surface area contributed by atoms with E-state index in [2.05, 4.69) is 0 Å². The van der Waals surface area contributed by atoms with E-state index >= 15 is 0 Å². The highest BCUT2D eigenvalue weighted by Gasteiger charge is 2.49. The van der Waals surface area contributed by atoms with Crippen molar-refractivity contribution in [1.82, 2.24) is 0 Å². The fourth-order valence-electron chi connectivity index (χ4n) is 6.25. The molecule has 15 atom stereocenters. The number of aliphatic hydroxyl groups excluding tert-OH is 11. The second-order valence-corrected chi connectivity index (χ2v) is 13.1. The molecular formula is C33H40O22. The Bertz CT molecular complexity index is 1870. The van der Waals surface area contributed by atoms with Gasteiger partial charge in [-0.1, -0.05) is 0 Å². The highest BCUT2D eigenvalue weighted by molar-refractivity contribution is 5.88. The molecule has 3 aliphatic rings. The predicted octanol–water partition coefficient (Wildman–Crippen LogP) is -5.24. The molecule has 55 heavy (non-hydrogen) atoms. The lowest BCUT2D eigenvalue weighted by molar-refractivity contribution is -0.323. The van der Waals surface area contributed by atoms with Gasteiger partial charge in [0.15, 0.2) is 23.5 Å². The van der Waals surface area contributed by atoms with E-state index in [9.17, 15) is 76.3 Å². The molecule has 3 saturated heterocycles. The molecule has 14 N–H and O–H groups in total. The van der Waals surface area contributed by atoms with E-state index in [0.29, 0.717) is 0 Å². The normalized spacial score (nSPS) is 36.8. The van der Waals surface area contributed by atoms with E-state index in [4.69, 9.17) is 32.8 Å². The van der Waals surface area contributed by atoms with E-state index in [1.807, 2.05) is 0 Å². The second-order valence-electron chi connectivity index (χ2n) is 13.1. The average molecular weight is 789 g/mol. The molecule has 22 heteroatoms. The molecule has 3 fully saturated rings. The van der Waals surface area contributed by atoms with Gasteiger partial charge in [-0.2, -0.15) is 0 Å². The van der Waals surface area contributed by atoms with Gasteiger partial charge < -0.3 is 104 Å². The Kier molecular flexibility index (Phi) is 12.0. The van der Waals surface area contributed by atoms with Crippen molar-refractivity contribution in [1.29, 1.82) is 0 Å². The summed E-state index contributed by atoms with van der Waals surface area (Å²) in [6, 6.07) is 5.08. The van der Waals surface area contributed by atoms with Gasteiger partial charge in [-0.3, -0.25) is 4.79 Å². The number of fused-ring (bicyclic) bond motifs is 1. The summed E-state index contributed by atoms with van der Waals surface area (Å²) in [6.45, 7) is -2.28. The molecule has 304 valence electrons. The third-order valence-corrected chi connectivity index (χ3v) is 9.42. The first-order chi connectivity index (χ1) is 26.1. The highest BCUT2D eigenvalue weighted by Crippen LogP contribution is 2.40. The van der Waals surface area contributed by atoms with E-state index in [-0.39, 0.29) is 11.3 Å². The first-order valence-electron chi connectivity index (χ1n) is 16.7. The van der Waals surface area contributed by atoms with Gasteiger partial charge in [0.2, 0.25) is 23.8 Å². The summed E-state index contributed by atoms with van der Waals surface area (Å²) in [5, 5.41) is 143. The van der Waals surface area contributed by atoms with Crippen molar-refractivity contribution in [3.8, 4) is 40.1 Å². The smallest absolute Gasteiger partial charge is 0.239 e. The Morgan fingerprint density at radius 3 is 1.67 bits per heavy atom. The number of hydrogen-bond donors (Lipinski definition) is 14. The van der Waals surface area contributed by atoms with Crippen LogP contribution < -0.4 is 14.9 Å². The summed E-state index contributed by atoms with van der Waals surface area (Å²) in [4.78, 5) is 14.1. The minimum atomic E-state index is -2.09. The van der Waals surface area contributed by atoms with Gasteiger partial charge >= 0.3 is 0 Å². The second kappa shape index (κ2) is 16.3. The molecule has 0 saturated carbocycles. The molecule has 0 bridgehead atoms. The average Bonchev–Trinajstić information content (AvgIpc) is 3.16. The monoisotopic (exact) mass is 788 g/mol. The summed E-state index contributed by atoms with van der Waals surface area (Å²) in [5.74, 6) is -3.74. The molecule has 0 amide bonds. The summed E-state index contributed by atoms with van der Waals surface area (Å²) < 4.78 is 38.9. The molecule has 3 aliphatic heterocycles. The fourth-order valence-corrected chi connectivity index (χ4v) is 6.25. The van der Waals surface area contributed by atoms with Gasteiger partial charge in [0.25, 0.3) is 0 Å². The zero-order valence-electron chi connectivity index (χ0n) is 28.2. The van der Waals surface area contributed by atoms with Gasteiger partial charge in [0, 0.05) is 17.7 Å². The van der Waals surface area contributed by atoms with Crippen LogP contribution in [0.3, 0.4) is 0 Å². The Morgan fingerprint density at radius 1 is 0.564 bits per heavy atom. The number of benzene rings is 2. The van der Waals surface area contributed by atoms with Crippen molar-refractivity contribution in [2.24, 2.45) is 0 Å². The van der Waals surface area contributed by atoms with Gasteiger partial charge in [-0.05, 0) is 18.2 Å². The Balaban J connectivity index is 1.33. The lowest BCUT2D eigenvalue weighted by atomic mass is 9.98. The van der Waals surface area contributed by atoms with Crippen LogP contribution in [-0.2, 0) is 18.9 Å². The van der Waals surface area contributed by atoms with Gasteiger partial charge in [0.05, 0.1) is 19.8 Å². The summed E-state index contributed by atoms with van der Waals surface area (Å²) in [6.07, 6.45) is -26.5. The molecule has 2 aromatic carbocycles. The molecule has 4 heterocycles. The lowest BCUT2D eigenvalue weighted by Crippen LogP contribution is -2.62. The number of phenolic OH excluding ortho intramolecular Hbond substituents is 3. The summed E-state index contributed by atoms with van der Waals surface area (Å²) >= 11 is 0. The van der Waals surface area contributed by atoms with Gasteiger partial charge in [-0.15, -0.1) is 0 Å². The van der Waals surface area contributed by atoms with E-state index in [0.717, 1.165) is 24.3 Å². The van der Waals surface area contributed by atoms with Crippen LogP contribution in [0.2, 0.25) is 0 Å². The van der Waals surface area contributed by atoms with E-state index in [1.54, 1.807) is 0 Å². The number of rotatable bonds is 10. The standard InChI is InChI=1S/C33H40O22/c34-6-15-19(39)23(43)26(46)31(52-15)49-8-17-21(41)25(45)28(48)33(54-17)55-30-22(42)18-13(38)4-10(50-32-27(47)24(44)20(40)16(7-35)53-32)5-14(18)51-29(30)9-1-2-11(36)12(37)3-9/h1-5,15-17,19-21,23-28,31-41,43-48H,6-8H2/t15-,16-,17-,19-,20-,21-,23+,24+,25+,26-,27-,28-,31+,32-,33+/m1/s1. The van der Waals surface area contributed by atoms with Crippen molar-refractivity contribution in [3.05, 3.63) is 40.6 Å². The molecule has 0 unspecified atom stereocenters. The van der Waals surface area contributed by atoms with Crippen molar-refractivity contribution < 1.29 is 104 Å². The number of phenols is 3. The largest absolute Gasteiger partial charge is 0.507 e. The van der Waals surface area contributed by atoms with Gasteiger partial charge in [0.1, 0.15) is 95.7 Å². The minimum Gasteiger partial charge on any atom is -0.507 e. The van der Waals surface area contributed by atoms with E-state index in [1.165, 1.54) is 6.07 Å². The van der Waals surface area contributed by atoms with Crippen molar-refractivity contribution in [2.45, 2.75) is 92.1 Å². The molecule has 0 aliphatic carbocycles. The fraction of sp³-hybridized carbons (Fsp3) is 0.545. The Labute approximate surface area is 307 Å². The van der Waals surface area contributed by atoms with Crippen LogP contribution in [0.5, 0.6) is 28.7 Å². The zero-order valence-corrected chi connectivity index (χ0v) is 28.2. The van der Waals surface area contributed by atoms with Crippen LogP contribution in [0, 0.1) is 0 Å². The molecule has 1 aromatic heterocycles. The zero-order chi connectivity index (χ0) is 40.0. The molecule has 22 nitrogen and oxygen atoms in total. The van der Waals surface area contributed by atoms with Crippen LogP contribution in [0.4, 0.5) is 0 Å². The topological polar surface area (TPSA) is 369 Å². The lowest BCUT2D eigenvalue weighted by Gasteiger charge is -2.42. The SMILES string of the molecule is O=c1c(O[C@@H]2O[C@H](CO[C@H]3O[C@H](CO)[C@@H](O)[C@H](O)[C@H]3O)[C@@H](O)[C@H](O)[C@H]2O)c(-c2ccc(O)c(O)c2)oc2cc(O[C@@H]3O[C@H](CO)[C@@H](O)[C@H](O)[C@H]3O)cc(O)c12. The minimum absolute atomic E-state index is 0.141. The third-order valence-electron chi connectivity index (χ3n) is 9.42. The molecule has 0 spiro atoms. The maximum absolute atomic E-state index is 14.1. The van der Waals surface area contributed by atoms with Crippen molar-refractivity contribution in [2.75, 3.05) is 19.8 Å². The Hall–Kier alpha value is -3.95. The molecule has 3 aromatic rings. The third kappa shape index (κ3) is 7.76. The van der Waals surface area contributed by atoms with Crippen molar-refractivity contribution in [3.63, 3.8) is 0 Å². The van der Waals surface area contributed by atoms with Crippen LogP contribution >= 0.6 is 0 Å². The first-order valence-corrected chi connectivity index (χ1v) is 16.7. The highest BCUT2D eigenvalue weighted by atomic mass is 16.7. The molecule has 0 radical (unpaired) electrons. The van der Waals surface area contributed by atoms with Gasteiger partial charge in [-0.25, -0.2) is 0 Å². The number of aromatic hydroxyl groups is 3. The number of aliphatic hydroxyl groups is 11. The number of hydrogen-bond acceptors (Lipinski definition) is 22. The number of ether oxygens (including phenoxy) is 6. The predicted molar refractivity (Wildman–Crippen MR) is 174 cm³/mol. The van der Waals surface area contributed by atoms with Crippen LogP contribution in [-0.4, -0.2) is 183 Å². The summed E-state index contributed by atoms with van der Waals surface area (Å²) in [5.41, 5.74) is -1.71. The maximum atomic E-state index is 14.1. The van der Waals surface area contributed by atoms with Crippen molar-refractivity contribution >= 4 is 11.0 Å². The van der Waals surface area contributed by atoms with Crippen LogP contribution in [0.15, 0.2) is 39.5 Å². The summed E-state index contributed by atoms with van der Waals surface area (Å²) in [7, 11) is 0. The van der Waals surface area contributed by atoms with Crippen LogP contribution in [0.1, 0.15) is 0 Å². The van der Waals surface area contributed by atoms with Crippen LogP contribution in [0.25, 0.3) is 22.3 Å². The maximum Gasteiger partial charge on any atom is 0.239 e. The molecule has 6 rings (SSSR count). The Morgan fingerprint density at radius 2 is 1.09 bits per heavy atom. The first kappa shape index (κ1) is 40.7. The quantitative estimate of drug-likeness (QED) is 0.0853. The molecular weight excluding hydrogens is 748 g/mol.